The van der Waals surface area contributed by atoms with E-state index in [0.29, 0.717) is 90.1 Å². The first kappa shape index (κ1) is 100. The van der Waals surface area contributed by atoms with Gasteiger partial charge in [-0.25, -0.2) is 0 Å². The summed E-state index contributed by atoms with van der Waals surface area (Å²) in [5.41, 5.74) is 43.7. The monoisotopic (exact) mass is 1810 g/mol. The number of nitrogens with zero attached hydrogens (tertiary/aromatic N) is 1. The van der Waals surface area contributed by atoms with Crippen molar-refractivity contribution in [2.45, 2.75) is 182 Å². The van der Waals surface area contributed by atoms with Crippen molar-refractivity contribution in [1.82, 2.24) is 68.4 Å². The van der Waals surface area contributed by atoms with Gasteiger partial charge in [0.1, 0.15) is 54.9 Å². The number of esters is 2. The number of likely N-dealkylation sites (tertiary alicyclic amines) is 1. The number of phenols is 1. The Balaban J connectivity index is 0.859. The second-order valence-corrected chi connectivity index (χ2v) is 33.2. The second kappa shape index (κ2) is 50.4. The zero-order valence-electron chi connectivity index (χ0n) is 71.4. The molecule has 2 fully saturated rings. The van der Waals surface area contributed by atoms with Crippen molar-refractivity contribution in [3.05, 3.63) is 65.4 Å². The lowest BCUT2D eigenvalue weighted by molar-refractivity contribution is -0.154. The maximum atomic E-state index is 14.9. The Labute approximate surface area is 742 Å². The minimum Gasteiger partial charge on any atom is -0.504 e. The van der Waals surface area contributed by atoms with E-state index in [4.69, 9.17) is 79.4 Å². The van der Waals surface area contributed by atoms with E-state index in [0.717, 1.165) is 27.6 Å². The summed E-state index contributed by atoms with van der Waals surface area (Å²) in [5.74, 6) is -11.9. The Morgan fingerprint density at radius 2 is 1.18 bits per heavy atom. The number of ether oxygens (including phenoxy) is 6. The molecule has 696 valence electrons. The Morgan fingerprint density at radius 1 is 0.622 bits per heavy atom. The number of amides is 12. The lowest BCUT2D eigenvalue weighted by Crippen LogP contribution is -2.60. The summed E-state index contributed by atoms with van der Waals surface area (Å²) in [6, 6.07) is 1.44. The van der Waals surface area contributed by atoms with E-state index in [1.807, 2.05) is 18.2 Å². The molecule has 29 N–H and O–H groups in total. The number of aromatic amines is 1. The number of cyclic esters (lactones) is 1. The summed E-state index contributed by atoms with van der Waals surface area (Å²) in [5, 5.41) is 55.5. The molecule has 3 aromatic carbocycles. The zero-order valence-corrected chi connectivity index (χ0v) is 73.0. The Kier molecular flexibility index (Phi) is 39.9. The number of para-hydroxylation sites is 1. The van der Waals surface area contributed by atoms with Crippen LogP contribution in [0.25, 0.3) is 22.0 Å². The molecule has 127 heavy (non-hydrogen) atoms. The van der Waals surface area contributed by atoms with Crippen LogP contribution < -0.4 is 118 Å². The second-order valence-electron chi connectivity index (χ2n) is 30.9. The van der Waals surface area contributed by atoms with E-state index in [-0.39, 0.29) is 158 Å². The topological polar surface area (TPSA) is 696 Å². The maximum absolute atomic E-state index is 14.9. The van der Waals surface area contributed by atoms with Crippen LogP contribution >= 0.6 is 23.5 Å². The number of methoxy groups -OCH3 is 2. The number of phenolic OH excluding ortho intramolecular Hbond substituents is 1. The highest BCUT2D eigenvalue weighted by Crippen LogP contribution is 2.55. The number of hydrogen-bond donors (Lipinski definition) is 22. The van der Waals surface area contributed by atoms with Crippen molar-refractivity contribution in [3.8, 4) is 39.9 Å². The molecule has 4 aromatic rings. The maximum Gasteiger partial charge on any atom is 0.326 e. The molecule has 4 aliphatic rings. The van der Waals surface area contributed by atoms with Gasteiger partial charge in [0.2, 0.25) is 83.4 Å². The van der Waals surface area contributed by atoms with Crippen molar-refractivity contribution in [3.63, 3.8) is 0 Å². The van der Waals surface area contributed by atoms with Crippen molar-refractivity contribution in [2.24, 2.45) is 52.0 Å². The van der Waals surface area contributed by atoms with Crippen molar-refractivity contribution in [2.75, 3.05) is 97.7 Å². The average molecular weight is 1810 g/mol. The number of thioether (sulfide) groups is 2. The molecule has 12 amide bonds. The lowest BCUT2D eigenvalue weighted by atomic mass is 9.73. The number of nitrogens with one attached hydrogen (secondary N) is 14. The summed E-state index contributed by atoms with van der Waals surface area (Å²) in [6.45, 7) is -0.604. The van der Waals surface area contributed by atoms with Crippen LogP contribution in [0, 0.1) is 22.7 Å². The predicted octanol–water partition coefficient (Wildman–Crippen LogP) is -2.80. The number of rotatable bonds is 55. The predicted molar refractivity (Wildman–Crippen MR) is 469 cm³/mol. The number of aromatic nitrogens is 1. The fourth-order valence-electron chi connectivity index (χ4n) is 15.1. The van der Waals surface area contributed by atoms with Crippen LogP contribution in [0.3, 0.4) is 0 Å². The molecule has 45 heteroatoms. The first-order chi connectivity index (χ1) is 60.9. The lowest BCUT2D eigenvalue weighted by Gasteiger charge is -2.34. The largest absolute Gasteiger partial charge is 0.504 e. The molecule has 0 saturated carbocycles. The van der Waals surface area contributed by atoms with Crippen molar-refractivity contribution < 1.29 is 101 Å². The molecule has 8 rings (SSSR count). The van der Waals surface area contributed by atoms with Gasteiger partial charge in [-0.3, -0.25) is 82.8 Å². The Morgan fingerprint density at radius 3 is 1.76 bits per heavy atom. The number of guanidine groups is 2. The van der Waals surface area contributed by atoms with Gasteiger partial charge in [-0.2, -0.15) is 11.8 Å². The van der Waals surface area contributed by atoms with Crippen molar-refractivity contribution >= 4 is 129 Å². The molecule has 1 aromatic heterocycles. The molecule has 2 saturated heterocycles. The van der Waals surface area contributed by atoms with Crippen molar-refractivity contribution in [1.29, 1.82) is 10.8 Å². The smallest absolute Gasteiger partial charge is 0.326 e. The number of unbranched alkanes of at least 4 members (excludes halogenated alkanes) is 3. The van der Waals surface area contributed by atoms with Gasteiger partial charge in [0.05, 0.1) is 38.0 Å². The number of H-pyrrole nitrogens is 1. The van der Waals surface area contributed by atoms with E-state index in [1.54, 1.807) is 30.7 Å². The van der Waals surface area contributed by atoms with Gasteiger partial charge < -0.3 is 137 Å². The minimum atomic E-state index is -1.44. The summed E-state index contributed by atoms with van der Waals surface area (Å²) in [6.07, 6.45) is 4.19. The molecule has 1 aliphatic carbocycles. The van der Waals surface area contributed by atoms with Crippen LogP contribution in [-0.4, -0.2) is 261 Å². The number of imide groups is 1. The van der Waals surface area contributed by atoms with E-state index in [9.17, 15) is 72.2 Å². The third kappa shape index (κ3) is 29.3. The van der Waals surface area contributed by atoms with Gasteiger partial charge in [0.25, 0.3) is 0 Å². The number of carbonyl (C=O) groups is 14. The highest BCUT2D eigenvalue weighted by atomic mass is 32.2. The normalized spacial score (nSPS) is 17.3. The number of primary amides is 1. The number of aromatic hydroxyl groups is 1. The average Bonchev–Trinajstić information content (AvgIpc) is 1.64. The summed E-state index contributed by atoms with van der Waals surface area (Å²) in [4.78, 5) is 198. The van der Waals surface area contributed by atoms with Crippen LogP contribution in [0.5, 0.6) is 28.7 Å². The summed E-state index contributed by atoms with van der Waals surface area (Å²) < 4.78 is 34.0. The molecule has 12 atom stereocenters. The van der Waals surface area contributed by atoms with Crippen LogP contribution in [0.4, 0.5) is 0 Å². The molecule has 0 bridgehead atoms. The van der Waals surface area contributed by atoms with Gasteiger partial charge in [-0.1, -0.05) is 18.2 Å². The summed E-state index contributed by atoms with van der Waals surface area (Å²) >= 11 is 2.26. The van der Waals surface area contributed by atoms with E-state index in [1.165, 1.54) is 32.0 Å². The Hall–Kier alpha value is -11.9. The first-order valence-electron chi connectivity index (χ1n) is 42.2. The molecule has 1 unspecified atom stereocenters. The highest BCUT2D eigenvalue weighted by Gasteiger charge is 2.50. The third-order valence-corrected chi connectivity index (χ3v) is 23.8. The standard InChI is InChI=1S/C82H120N22O21S2/c1-120-60-34-43(33-59(105)69(60)121-2)67-46-35-48-49(40-122-80(48)119)68(47(46)36-61-70(67)124-42-123-61)125-66(109)39-96-63(106)22-30-104-65(108)37-62(79(104)118)127-41-50(86)72(111)92-29-21-64(107)97-53(19-12-27-93-81(88)89)73(112)100-56(20-13-28-94-82(90)91)75(114)102-57(23-31-126-3)77(116)99-55(18-8-11-26-85)76(115)103-58(32-44-38-95-51-15-5-4-14-45(44)51)78(117)101-54(17-7-10-25-84)74(113)98-52(71(87)110)16-6-9-24-83/h4-5,14-15,33-34,36,38,48-50,52-58,62,68,95,105H,6-13,16-32,35,37,39-42,83-86H2,1-3H3,(H2,87,110)(H,92,111)(H,96,106)(H,97,107)(H,98,113)(H,99,116)(H,100,112)(H,101,117)(H,102,114)(H,103,115)(H4,88,89,93)(H4,90,91,94)/t48-,49+,50+,52+,53+,54+,55+,56+,57+,58+,62?,68+/m1/s1. The van der Waals surface area contributed by atoms with Gasteiger partial charge in [-0.05, 0) is 169 Å². The SMILES string of the molecule is COc1cc(-c2c3c(cc4c2OCO4)[C@H](OC(=O)CNC(=O)CCN2C(=O)CC(SC[C@H](N)C(=O)NCCC(=O)N[C@@H](CCCNC(=N)N)C(=O)N[C@@H](CCCNC(=N)N)C(=O)N[C@@H](CCSC)C(=O)N[C@@H](CCCCN)C(=O)N[C@@H](Cc4c[nH]c5ccccc45)C(=O)N[C@@H](CCCCN)C(=O)N[C@@H](CCCCN)C(N)=O)C2=O)[C@H]2COC(=O)[C@@H]2C3)cc(O)c1OC. The molecule has 43 nitrogen and oxygen atoms in total. The van der Waals surface area contributed by atoms with Crippen LogP contribution in [0.2, 0.25) is 0 Å². The van der Waals surface area contributed by atoms with E-state index >= 15 is 0 Å². The van der Waals surface area contributed by atoms with Gasteiger partial charge in [0, 0.05) is 91.8 Å². The number of carbonyl (C=O) groups excluding carboxylic acids is 14. The first-order valence-corrected chi connectivity index (χ1v) is 44.6. The zero-order chi connectivity index (χ0) is 92.4. The molecule has 4 heterocycles. The summed E-state index contributed by atoms with van der Waals surface area (Å²) in [7, 11) is 2.76. The fraction of sp³-hybridized carbons (Fsp3) is 0.561. The van der Waals surface area contributed by atoms with Gasteiger partial charge in [0.15, 0.2) is 34.9 Å². The fourth-order valence-corrected chi connectivity index (χ4v) is 16.7. The third-order valence-electron chi connectivity index (χ3n) is 21.8. The quantitative estimate of drug-likeness (QED) is 0.00698. The number of hydrogen-bond acceptors (Lipinski definition) is 29. The van der Waals surface area contributed by atoms with Crippen LogP contribution in [0.15, 0.2) is 48.7 Å². The Bertz CT molecular complexity index is 4580. The van der Waals surface area contributed by atoms with Gasteiger partial charge >= 0.3 is 11.9 Å². The highest BCUT2D eigenvalue weighted by molar-refractivity contribution is 8.00. The van der Waals surface area contributed by atoms with Crippen LogP contribution in [0.1, 0.15) is 132 Å². The number of nitrogens with two attached hydrogens (primary N) is 7. The van der Waals surface area contributed by atoms with E-state index < -0.39 is 174 Å². The molecule has 3 aliphatic heterocycles. The number of benzene rings is 3. The molecular formula is C82H120N22O21S2. The molecule has 0 spiro atoms. The minimum absolute atomic E-state index is 0.00315. The van der Waals surface area contributed by atoms with Gasteiger partial charge in [-0.15, -0.1) is 11.8 Å². The molecular weight excluding hydrogens is 1690 g/mol. The number of fused-ring (bicyclic) bond motifs is 4. The van der Waals surface area contributed by atoms with Crippen LogP contribution in [-0.2, 0) is 89.4 Å². The van der Waals surface area contributed by atoms with E-state index in [2.05, 4.69) is 63.5 Å². The molecule has 0 radical (unpaired) electrons.